The summed E-state index contributed by atoms with van der Waals surface area (Å²) in [5, 5.41) is 0. The van der Waals surface area contributed by atoms with Crippen molar-refractivity contribution in [3.63, 3.8) is 0 Å². The lowest BCUT2D eigenvalue weighted by molar-refractivity contribution is 0.0299. The zero-order chi connectivity index (χ0) is 13.0. The lowest BCUT2D eigenvalue weighted by atomic mass is 9.70. The summed E-state index contributed by atoms with van der Waals surface area (Å²) in [4.78, 5) is 4.18. The monoisotopic (exact) mass is 309 g/mol. The van der Waals surface area contributed by atoms with E-state index in [0.717, 1.165) is 16.1 Å². The highest BCUT2D eigenvalue weighted by molar-refractivity contribution is 9.10. The number of halogens is 1. The summed E-state index contributed by atoms with van der Waals surface area (Å²) >= 11 is 3.45. The van der Waals surface area contributed by atoms with Gasteiger partial charge in [0.05, 0.1) is 6.20 Å². The van der Waals surface area contributed by atoms with Gasteiger partial charge >= 0.3 is 0 Å². The Morgan fingerprint density at radius 1 is 1.33 bits per heavy atom. The minimum absolute atomic E-state index is 0.306. The zero-order valence-corrected chi connectivity index (χ0v) is 12.8. The van der Waals surface area contributed by atoms with Crippen molar-refractivity contribution < 1.29 is 4.74 Å². The minimum atomic E-state index is 0.306. The molecule has 2 fully saturated rings. The topological polar surface area (TPSA) is 22.1 Å². The predicted octanol–water partition coefficient (Wildman–Crippen LogP) is 4.44. The number of fused-ring (bicyclic) bond motifs is 2. The highest BCUT2D eigenvalue weighted by Gasteiger charge is 2.62. The van der Waals surface area contributed by atoms with Crippen molar-refractivity contribution in [2.75, 3.05) is 0 Å². The van der Waals surface area contributed by atoms with Crippen LogP contribution in [0, 0.1) is 16.7 Å². The molecule has 2 bridgehead atoms. The molecule has 2 saturated carbocycles. The van der Waals surface area contributed by atoms with Crippen LogP contribution in [0.25, 0.3) is 0 Å². The van der Waals surface area contributed by atoms with Crippen LogP contribution in [0.4, 0.5) is 0 Å². The molecule has 0 N–H and O–H groups in total. The van der Waals surface area contributed by atoms with Crippen LogP contribution in [-0.4, -0.2) is 11.1 Å². The number of hydrogen-bond donors (Lipinski definition) is 0. The molecule has 3 atom stereocenters. The molecule has 98 valence electrons. The van der Waals surface area contributed by atoms with E-state index in [0.29, 0.717) is 16.9 Å². The second-order valence-corrected chi connectivity index (χ2v) is 7.47. The minimum Gasteiger partial charge on any atom is -0.488 e. The van der Waals surface area contributed by atoms with E-state index in [1.165, 1.54) is 19.3 Å². The van der Waals surface area contributed by atoms with E-state index in [4.69, 9.17) is 4.74 Å². The first-order valence-electron chi connectivity index (χ1n) is 6.71. The maximum Gasteiger partial charge on any atom is 0.139 e. The van der Waals surface area contributed by atoms with E-state index in [-0.39, 0.29) is 0 Å². The highest BCUT2D eigenvalue weighted by Crippen LogP contribution is 2.66. The van der Waals surface area contributed by atoms with Crippen LogP contribution in [0.15, 0.2) is 22.9 Å². The Hall–Kier alpha value is -0.570. The molecule has 3 rings (SSSR count). The van der Waals surface area contributed by atoms with Gasteiger partial charge in [-0.2, -0.15) is 0 Å². The van der Waals surface area contributed by atoms with Crippen molar-refractivity contribution in [3.8, 4) is 5.75 Å². The molecule has 1 heterocycles. The summed E-state index contributed by atoms with van der Waals surface area (Å²) < 4.78 is 7.22. The van der Waals surface area contributed by atoms with Gasteiger partial charge in [0.15, 0.2) is 0 Å². The fourth-order valence-electron chi connectivity index (χ4n) is 3.93. The quantitative estimate of drug-likeness (QED) is 0.806. The third-order valence-corrected chi connectivity index (χ3v) is 6.11. The summed E-state index contributed by atoms with van der Waals surface area (Å²) in [5.41, 5.74) is 0.705. The molecule has 1 aromatic rings. The van der Waals surface area contributed by atoms with E-state index in [2.05, 4.69) is 41.7 Å². The Kier molecular flexibility index (Phi) is 2.74. The van der Waals surface area contributed by atoms with Gasteiger partial charge < -0.3 is 4.74 Å². The van der Waals surface area contributed by atoms with Crippen LogP contribution >= 0.6 is 15.9 Å². The van der Waals surface area contributed by atoms with Crippen LogP contribution in [0.2, 0.25) is 0 Å². The van der Waals surface area contributed by atoms with Gasteiger partial charge in [0.25, 0.3) is 0 Å². The van der Waals surface area contributed by atoms with Gasteiger partial charge in [-0.1, -0.05) is 20.8 Å². The van der Waals surface area contributed by atoms with Gasteiger partial charge in [0.1, 0.15) is 11.9 Å². The number of pyridine rings is 1. The Morgan fingerprint density at radius 3 is 2.67 bits per heavy atom. The fourth-order valence-corrected chi connectivity index (χ4v) is 4.27. The molecular weight excluding hydrogens is 290 g/mol. The Morgan fingerprint density at radius 2 is 2.11 bits per heavy atom. The van der Waals surface area contributed by atoms with Crippen molar-refractivity contribution >= 4 is 15.9 Å². The largest absolute Gasteiger partial charge is 0.488 e. The lowest BCUT2D eigenvalue weighted by Gasteiger charge is -2.38. The van der Waals surface area contributed by atoms with Crippen LogP contribution in [-0.2, 0) is 0 Å². The lowest BCUT2D eigenvalue weighted by Crippen LogP contribution is -2.38. The SMILES string of the molecule is CC1(C)C2CCC1(C)C(Oc1cncc(Br)c1)C2. The predicted molar refractivity (Wildman–Crippen MR) is 75.6 cm³/mol. The van der Waals surface area contributed by atoms with Gasteiger partial charge in [-0.25, -0.2) is 0 Å². The first-order chi connectivity index (χ1) is 8.43. The zero-order valence-electron chi connectivity index (χ0n) is 11.2. The third-order valence-electron chi connectivity index (χ3n) is 5.67. The summed E-state index contributed by atoms with van der Waals surface area (Å²) in [5.74, 6) is 1.70. The first kappa shape index (κ1) is 12.5. The van der Waals surface area contributed by atoms with E-state index >= 15 is 0 Å². The molecule has 2 aliphatic rings. The third kappa shape index (κ3) is 1.63. The molecule has 18 heavy (non-hydrogen) atoms. The highest BCUT2D eigenvalue weighted by atomic mass is 79.9. The molecule has 0 aromatic carbocycles. The first-order valence-corrected chi connectivity index (χ1v) is 7.50. The normalized spacial score (nSPS) is 36.9. The van der Waals surface area contributed by atoms with Crippen molar-refractivity contribution in [1.82, 2.24) is 4.98 Å². The fraction of sp³-hybridized carbons (Fsp3) is 0.667. The van der Waals surface area contributed by atoms with Crippen LogP contribution in [0.3, 0.4) is 0 Å². The molecule has 0 saturated heterocycles. The molecule has 3 heteroatoms. The summed E-state index contributed by atoms with van der Waals surface area (Å²) in [7, 11) is 0. The molecule has 0 aliphatic heterocycles. The van der Waals surface area contributed by atoms with Crippen molar-refractivity contribution in [2.24, 2.45) is 16.7 Å². The van der Waals surface area contributed by atoms with E-state index in [1.807, 2.05) is 12.3 Å². The second-order valence-electron chi connectivity index (χ2n) is 6.56. The Labute approximate surface area is 117 Å². The second kappa shape index (κ2) is 3.96. The Bertz CT molecular complexity index is 473. The van der Waals surface area contributed by atoms with Crippen LogP contribution in [0.1, 0.15) is 40.0 Å². The maximum absolute atomic E-state index is 6.24. The summed E-state index contributed by atoms with van der Waals surface area (Å²) in [6.07, 6.45) is 7.78. The molecule has 0 amide bonds. The molecule has 3 unspecified atom stereocenters. The van der Waals surface area contributed by atoms with Crippen molar-refractivity contribution in [2.45, 2.75) is 46.1 Å². The van der Waals surface area contributed by atoms with E-state index in [9.17, 15) is 0 Å². The number of hydrogen-bond acceptors (Lipinski definition) is 2. The number of ether oxygens (including phenoxy) is 1. The van der Waals surface area contributed by atoms with Crippen molar-refractivity contribution in [3.05, 3.63) is 22.9 Å². The average molecular weight is 310 g/mol. The van der Waals surface area contributed by atoms with Crippen LogP contribution in [0.5, 0.6) is 5.75 Å². The number of rotatable bonds is 2. The maximum atomic E-state index is 6.24. The number of aromatic nitrogens is 1. The smallest absolute Gasteiger partial charge is 0.139 e. The van der Waals surface area contributed by atoms with Gasteiger partial charge in [-0.3, -0.25) is 4.98 Å². The molecule has 1 aromatic heterocycles. The van der Waals surface area contributed by atoms with E-state index in [1.54, 1.807) is 6.20 Å². The van der Waals surface area contributed by atoms with Gasteiger partial charge in [0, 0.05) is 16.1 Å². The average Bonchev–Trinajstić information content (AvgIpc) is 2.62. The molecule has 0 radical (unpaired) electrons. The van der Waals surface area contributed by atoms with Crippen molar-refractivity contribution in [1.29, 1.82) is 0 Å². The Balaban J connectivity index is 1.84. The van der Waals surface area contributed by atoms with Gasteiger partial charge in [-0.05, 0) is 52.6 Å². The van der Waals surface area contributed by atoms with Gasteiger partial charge in [0.2, 0.25) is 0 Å². The molecule has 0 spiro atoms. The summed E-state index contributed by atoms with van der Waals surface area (Å²) in [6.45, 7) is 7.22. The van der Waals surface area contributed by atoms with Gasteiger partial charge in [-0.15, -0.1) is 0 Å². The molecule has 2 aliphatic carbocycles. The van der Waals surface area contributed by atoms with Crippen LogP contribution < -0.4 is 4.74 Å². The number of nitrogens with zero attached hydrogens (tertiary/aromatic N) is 1. The van der Waals surface area contributed by atoms with E-state index < -0.39 is 0 Å². The summed E-state index contributed by atoms with van der Waals surface area (Å²) in [6, 6.07) is 2.01. The molecule has 2 nitrogen and oxygen atoms in total. The molecular formula is C15H20BrNO. The standard InChI is InChI=1S/C15H20BrNO/c1-14(2)10-4-5-15(14,3)13(6-10)18-12-7-11(16)8-17-9-12/h7-10,13H,4-6H2,1-3H3.